The van der Waals surface area contributed by atoms with Gasteiger partial charge in [0.25, 0.3) is 0 Å². The predicted octanol–water partition coefficient (Wildman–Crippen LogP) is 16.6. The normalized spacial score (nSPS) is 15.9. The highest BCUT2D eigenvalue weighted by Gasteiger charge is 2.39. The van der Waals surface area contributed by atoms with Crippen LogP contribution in [-0.4, -0.2) is 186 Å². The molecule has 0 unspecified atom stereocenters. The summed E-state index contributed by atoms with van der Waals surface area (Å²) in [4.78, 5) is 134. The maximum absolute atomic E-state index is 15.3. The molecule has 9 aromatic heterocycles. The lowest BCUT2D eigenvalue weighted by Gasteiger charge is -2.44. The first-order valence-electron chi connectivity index (χ1n) is 44.6. The van der Waals surface area contributed by atoms with Crippen LogP contribution in [-0.2, 0) is 35.5 Å². The second-order valence-corrected chi connectivity index (χ2v) is 37.1. The Bertz CT molecular complexity index is 7350. The number of hydrogen-bond acceptors (Lipinski definition) is 21. The Morgan fingerprint density at radius 3 is 1.07 bits per heavy atom. The molecular formula is C100H103Cl3F3N23O7. The number of benzene rings is 6. The van der Waals surface area contributed by atoms with Crippen molar-refractivity contribution in [3.8, 4) is 56.6 Å². The number of fused-ring (bicyclic) bond motifs is 6. The second-order valence-electron chi connectivity index (χ2n) is 35.9. The Morgan fingerprint density at radius 1 is 0.434 bits per heavy atom. The molecule has 702 valence electrons. The summed E-state index contributed by atoms with van der Waals surface area (Å²) in [5.74, 6) is -1.69. The molecule has 4 atom stereocenters. The summed E-state index contributed by atoms with van der Waals surface area (Å²) in [6.45, 7) is 39.9. The molecule has 3 aliphatic rings. The molecule has 0 aliphatic carbocycles. The molecule has 30 nitrogen and oxygen atoms in total. The zero-order valence-electron chi connectivity index (χ0n) is 78.2. The van der Waals surface area contributed by atoms with Gasteiger partial charge in [-0.05, 0) is 174 Å². The molecule has 6 aromatic carbocycles. The molecule has 3 saturated heterocycles. The van der Waals surface area contributed by atoms with Gasteiger partial charge in [-0.15, -0.1) is 0 Å². The minimum Gasteiger partial charge on any atom is -0.507 e. The number of imidazole rings is 3. The molecule has 3 fully saturated rings. The van der Waals surface area contributed by atoms with Crippen LogP contribution in [0.4, 0.5) is 42.0 Å². The largest absolute Gasteiger partial charge is 0.507 e. The van der Waals surface area contributed by atoms with Gasteiger partial charge in [0.15, 0.2) is 16.9 Å². The first-order chi connectivity index (χ1) is 64.7. The van der Waals surface area contributed by atoms with E-state index >= 15 is 13.2 Å². The van der Waals surface area contributed by atoms with Crippen LogP contribution in [0.1, 0.15) is 120 Å². The lowest BCUT2D eigenvalue weighted by molar-refractivity contribution is -0.129. The zero-order chi connectivity index (χ0) is 97.8. The number of nitrogen functional groups attached to an aromatic ring is 2. The van der Waals surface area contributed by atoms with Gasteiger partial charge in [0, 0.05) is 126 Å². The molecule has 136 heavy (non-hydrogen) atoms. The number of nitrogens with two attached hydrogens (primary N) is 2. The van der Waals surface area contributed by atoms with Gasteiger partial charge < -0.3 is 59.7 Å². The van der Waals surface area contributed by atoms with Crippen molar-refractivity contribution in [2.24, 2.45) is 21.1 Å². The van der Waals surface area contributed by atoms with Crippen molar-refractivity contribution in [3.63, 3.8) is 0 Å². The number of aryl methyl sites for hydroxylation is 6. The van der Waals surface area contributed by atoms with E-state index in [4.69, 9.17) is 61.2 Å². The topological polar surface area (TPSA) is 340 Å². The van der Waals surface area contributed by atoms with Crippen LogP contribution >= 0.6 is 34.8 Å². The van der Waals surface area contributed by atoms with Crippen LogP contribution in [0.2, 0.25) is 15.1 Å². The van der Waals surface area contributed by atoms with Gasteiger partial charge in [-0.3, -0.25) is 14.4 Å². The molecule has 0 radical (unpaired) electrons. The van der Waals surface area contributed by atoms with Gasteiger partial charge in [-0.2, -0.15) is 15.0 Å². The standard InChI is InChI=1S/C34H35ClFN7O3.2C33H34ClFN8O2/c1-8-26(45)41-14-20(6)42(15-19(41)5)32-21-13-22(35)29(28-23(36)10-9-11-25(28)44)38-33(21)43(34(46)39-32)31-18(4)12-24-30(27(31)17(2)3)37-16-40(24)7;2*1-7-25(44)41-11-12-42(19(5)15-41)31-20-14-21(34)28(27-22(35)9-8-10-23(27)36)38-32(20)43(33(45)39-31)30-18(4)13-24-29(26(30)17(2)3)37-16-40(24)6/h8-13,16-17,19-20,44H,1,14-15H2,2-7H3;2*7-10,13-14,16-17,19H,1,11-12,15,36H2,2-6H3/t19-,20+;2*19-/m100/s1. The van der Waals surface area contributed by atoms with E-state index in [1.165, 1.54) is 74.4 Å². The number of hydrogen-bond donors (Lipinski definition) is 3. The van der Waals surface area contributed by atoms with Crippen molar-refractivity contribution in [3.05, 3.63) is 245 Å². The van der Waals surface area contributed by atoms with Crippen molar-refractivity contribution < 1.29 is 32.7 Å². The summed E-state index contributed by atoms with van der Waals surface area (Å²) < 4.78 is 56.0. The predicted molar refractivity (Wildman–Crippen MR) is 532 cm³/mol. The molecule has 5 N–H and O–H groups in total. The lowest BCUT2D eigenvalue weighted by atomic mass is 9.95. The first-order valence-corrected chi connectivity index (χ1v) is 45.7. The maximum atomic E-state index is 15.3. The molecule has 3 aliphatic heterocycles. The number of nitrogens with zero attached hydrogens (tertiary/aromatic N) is 21. The minimum atomic E-state index is -0.712. The van der Waals surface area contributed by atoms with E-state index in [1.807, 2.05) is 158 Å². The summed E-state index contributed by atoms with van der Waals surface area (Å²) in [5, 5.41) is 12.5. The fourth-order valence-electron chi connectivity index (χ4n) is 19.3. The Labute approximate surface area is 795 Å². The van der Waals surface area contributed by atoms with Gasteiger partial charge in [-0.1, -0.05) is 114 Å². The van der Waals surface area contributed by atoms with Gasteiger partial charge >= 0.3 is 17.1 Å². The van der Waals surface area contributed by atoms with E-state index < -0.39 is 34.5 Å². The van der Waals surface area contributed by atoms with E-state index in [1.54, 1.807) is 64.0 Å². The fraction of sp³-hybridized carbons (Fsp3) is 0.310. The number of halogens is 6. The number of amides is 3. The van der Waals surface area contributed by atoms with E-state index in [0.29, 0.717) is 103 Å². The minimum absolute atomic E-state index is 0.0134. The van der Waals surface area contributed by atoms with Crippen LogP contribution in [0.3, 0.4) is 0 Å². The summed E-state index contributed by atoms with van der Waals surface area (Å²) >= 11 is 20.5. The highest BCUT2D eigenvalue weighted by Crippen LogP contribution is 2.46. The fourth-order valence-corrected chi connectivity index (χ4v) is 20.0. The van der Waals surface area contributed by atoms with Gasteiger partial charge in [-0.25, -0.2) is 71.2 Å². The molecule has 3 amide bonds. The number of pyridine rings is 3. The molecular weight excluding hydrogens is 1800 g/mol. The highest BCUT2D eigenvalue weighted by atomic mass is 35.5. The third-order valence-electron chi connectivity index (χ3n) is 25.7. The highest BCUT2D eigenvalue weighted by molar-refractivity contribution is 6.35. The van der Waals surface area contributed by atoms with Crippen LogP contribution in [0.15, 0.2) is 162 Å². The quantitative estimate of drug-likeness (QED) is 0.0634. The Kier molecular flexibility index (Phi) is 25.9. The Balaban J connectivity index is 0.000000148. The lowest BCUT2D eigenvalue weighted by Crippen LogP contribution is -2.58. The summed E-state index contributed by atoms with van der Waals surface area (Å²) in [5.41, 5.74) is 23.8. The molecule has 0 saturated carbocycles. The summed E-state index contributed by atoms with van der Waals surface area (Å²) in [7, 11) is 5.76. The molecule has 0 spiro atoms. The Hall–Kier alpha value is -14.3. The number of carbonyl (C=O) groups excluding carboxylic acids is 3. The van der Waals surface area contributed by atoms with Crippen molar-refractivity contribution in [2.75, 3.05) is 78.5 Å². The second kappa shape index (κ2) is 37.2. The van der Waals surface area contributed by atoms with Crippen molar-refractivity contribution in [1.82, 2.24) is 87.0 Å². The maximum Gasteiger partial charge on any atom is 0.355 e. The number of piperazine rings is 3. The van der Waals surface area contributed by atoms with Crippen molar-refractivity contribution >= 4 is 148 Å². The smallest absolute Gasteiger partial charge is 0.355 e. The van der Waals surface area contributed by atoms with Crippen molar-refractivity contribution in [1.29, 1.82) is 0 Å². The van der Waals surface area contributed by atoms with Gasteiger partial charge in [0.2, 0.25) is 17.7 Å². The number of aromatic hydroxyl groups is 1. The van der Waals surface area contributed by atoms with Gasteiger partial charge in [0.1, 0.15) is 40.7 Å². The number of carbonyl (C=O) groups is 3. The van der Waals surface area contributed by atoms with Crippen molar-refractivity contribution in [2.45, 2.75) is 132 Å². The average molecular weight is 1900 g/mol. The zero-order valence-corrected chi connectivity index (χ0v) is 80.4. The van der Waals surface area contributed by atoms with Crippen LogP contribution in [0, 0.1) is 38.2 Å². The van der Waals surface area contributed by atoms with Gasteiger partial charge in [0.05, 0.1) is 134 Å². The van der Waals surface area contributed by atoms with Crippen LogP contribution in [0.5, 0.6) is 5.75 Å². The first kappa shape index (κ1) is 94.9. The molecule has 18 rings (SSSR count). The van der Waals surface area contributed by atoms with E-state index in [9.17, 15) is 33.9 Å². The van der Waals surface area contributed by atoms with E-state index in [0.717, 1.165) is 66.5 Å². The summed E-state index contributed by atoms with van der Waals surface area (Å²) in [6.07, 6.45) is 9.12. The monoisotopic (exact) mass is 1900 g/mol. The van der Waals surface area contributed by atoms with Crippen LogP contribution < -0.4 is 43.2 Å². The number of rotatable bonds is 15. The number of aromatic nitrogens is 15. The van der Waals surface area contributed by atoms with Crippen LogP contribution in [0.25, 0.3) is 117 Å². The van der Waals surface area contributed by atoms with E-state index in [-0.39, 0.29) is 143 Å². The molecule has 0 bridgehead atoms. The SMILES string of the molecule is C=CC(=O)N1CCN(c2nc(=O)n(-c3c(C)cc4c(ncn4C)c3C(C)C)c3nc(-c4c(N)cccc4F)c(Cl)cc23)[C@@H](C)C1.C=CC(=O)N1CCN(c2nc(=O)n(-c3c(C)cc4c(ncn4C)c3C(C)C)c3nc(-c4c(N)cccc4F)c(Cl)cc23)[C@@H](C)C1.C=CC(=O)N1C[C@H](C)N(c2nc(=O)n(-c3c(C)cc4c(ncn4C)c3C(C)C)c3nc(-c4c(O)cccc4F)c(Cl)cc23)C[C@H]1C. The van der Waals surface area contributed by atoms with E-state index in [2.05, 4.69) is 49.6 Å². The Morgan fingerprint density at radius 2 is 0.750 bits per heavy atom. The number of phenolic OH excluding ortho intramolecular Hbond substituents is 1. The molecule has 12 heterocycles. The third kappa shape index (κ3) is 16.6. The average Bonchev–Trinajstić information content (AvgIpc) is 1.05. The number of anilines is 5. The number of phenols is 1. The molecule has 15 aromatic rings. The summed E-state index contributed by atoms with van der Waals surface area (Å²) in [6, 6.07) is 22.8. The molecule has 36 heteroatoms. The third-order valence-corrected chi connectivity index (χ3v) is 26.6.